The number of ether oxygens (including phenoxy) is 2. The summed E-state index contributed by atoms with van der Waals surface area (Å²) in [5, 5.41) is 0. The van der Waals surface area contributed by atoms with Crippen molar-refractivity contribution in [2.45, 2.75) is 31.7 Å². The Kier molecular flexibility index (Phi) is 3.48. The molecule has 1 aliphatic heterocycles. The van der Waals surface area contributed by atoms with E-state index in [1.54, 1.807) is 0 Å². The first-order valence-electron chi connectivity index (χ1n) is 6.58. The number of fused-ring (bicyclic) bond motifs is 1. The fourth-order valence-electron chi connectivity index (χ4n) is 2.32. The third kappa shape index (κ3) is 2.64. The molecule has 1 unspecified atom stereocenters. The van der Waals surface area contributed by atoms with Gasteiger partial charge in [-0.3, -0.25) is 0 Å². The van der Waals surface area contributed by atoms with E-state index in [2.05, 4.69) is 15.9 Å². The van der Waals surface area contributed by atoms with E-state index < -0.39 is 0 Å². The minimum absolute atomic E-state index is 0.0871. The maximum absolute atomic E-state index is 6.28. The van der Waals surface area contributed by atoms with Crippen molar-refractivity contribution < 1.29 is 9.47 Å². The van der Waals surface area contributed by atoms with E-state index in [9.17, 15) is 0 Å². The highest BCUT2D eigenvalue weighted by molar-refractivity contribution is 9.10. The molecule has 0 spiro atoms. The standard InChI is InChI=1S/C14H18BrNO2/c15-11-8-14-13(17-4-1-5-18-14)7-10(11)12(16)6-9-2-3-9/h7-9,12H,1-6,16H2. The molecule has 1 aromatic rings. The van der Waals surface area contributed by atoms with Gasteiger partial charge < -0.3 is 15.2 Å². The van der Waals surface area contributed by atoms with Crippen molar-refractivity contribution in [2.75, 3.05) is 13.2 Å². The van der Waals surface area contributed by atoms with Crippen LogP contribution in [0.1, 0.15) is 37.3 Å². The molecule has 4 heteroatoms. The molecule has 1 atom stereocenters. The second-order valence-electron chi connectivity index (χ2n) is 5.16. The van der Waals surface area contributed by atoms with Gasteiger partial charge in [-0.1, -0.05) is 28.8 Å². The monoisotopic (exact) mass is 311 g/mol. The summed E-state index contributed by atoms with van der Waals surface area (Å²) in [5.41, 5.74) is 7.41. The molecule has 1 aliphatic carbocycles. The normalized spacial score (nSPS) is 20.3. The summed E-state index contributed by atoms with van der Waals surface area (Å²) < 4.78 is 12.4. The zero-order valence-electron chi connectivity index (χ0n) is 10.3. The first-order valence-corrected chi connectivity index (χ1v) is 7.38. The molecule has 0 radical (unpaired) electrons. The molecule has 1 fully saturated rings. The zero-order valence-corrected chi connectivity index (χ0v) is 11.9. The lowest BCUT2D eigenvalue weighted by Crippen LogP contribution is -2.12. The van der Waals surface area contributed by atoms with Gasteiger partial charge >= 0.3 is 0 Å². The third-order valence-electron chi connectivity index (χ3n) is 3.55. The van der Waals surface area contributed by atoms with Gasteiger partial charge in [0, 0.05) is 16.9 Å². The zero-order chi connectivity index (χ0) is 12.5. The molecule has 0 saturated heterocycles. The molecule has 0 bridgehead atoms. The number of nitrogens with two attached hydrogens (primary N) is 1. The molecule has 2 N–H and O–H groups in total. The van der Waals surface area contributed by atoms with Crippen molar-refractivity contribution >= 4 is 15.9 Å². The van der Waals surface area contributed by atoms with Crippen LogP contribution in [-0.2, 0) is 0 Å². The van der Waals surface area contributed by atoms with Crippen LogP contribution in [0.25, 0.3) is 0 Å². The molecule has 18 heavy (non-hydrogen) atoms. The van der Waals surface area contributed by atoms with Crippen LogP contribution in [0.2, 0.25) is 0 Å². The number of benzene rings is 1. The van der Waals surface area contributed by atoms with Crippen LogP contribution < -0.4 is 15.2 Å². The highest BCUT2D eigenvalue weighted by atomic mass is 79.9. The van der Waals surface area contributed by atoms with Gasteiger partial charge in [0.1, 0.15) is 0 Å². The molecular weight excluding hydrogens is 294 g/mol. The number of rotatable bonds is 3. The molecule has 0 amide bonds. The summed E-state index contributed by atoms with van der Waals surface area (Å²) in [5.74, 6) is 2.47. The molecule has 98 valence electrons. The third-order valence-corrected chi connectivity index (χ3v) is 4.24. The van der Waals surface area contributed by atoms with Crippen LogP contribution in [0.4, 0.5) is 0 Å². The molecule has 1 saturated carbocycles. The summed E-state index contributed by atoms with van der Waals surface area (Å²) in [4.78, 5) is 0. The average Bonchev–Trinajstić information content (AvgIpc) is 3.14. The van der Waals surface area contributed by atoms with Crippen molar-refractivity contribution in [3.8, 4) is 11.5 Å². The SMILES string of the molecule is NC(CC1CC1)c1cc2c(cc1Br)OCCCO2. The molecule has 1 heterocycles. The van der Waals surface area contributed by atoms with E-state index in [0.717, 1.165) is 40.3 Å². The second kappa shape index (κ2) is 5.10. The van der Waals surface area contributed by atoms with Crippen LogP contribution in [0, 0.1) is 5.92 Å². The van der Waals surface area contributed by atoms with Crippen LogP contribution in [0.3, 0.4) is 0 Å². The van der Waals surface area contributed by atoms with E-state index in [-0.39, 0.29) is 6.04 Å². The van der Waals surface area contributed by atoms with E-state index in [0.29, 0.717) is 13.2 Å². The average molecular weight is 312 g/mol. The number of hydrogen-bond acceptors (Lipinski definition) is 3. The Morgan fingerprint density at radius 2 is 1.89 bits per heavy atom. The molecule has 2 aliphatic rings. The first-order chi connectivity index (χ1) is 8.74. The molecule has 3 nitrogen and oxygen atoms in total. The lowest BCUT2D eigenvalue weighted by Gasteiger charge is -2.16. The quantitative estimate of drug-likeness (QED) is 0.930. The Balaban J connectivity index is 1.86. The lowest BCUT2D eigenvalue weighted by atomic mass is 10.0. The maximum atomic E-state index is 6.28. The van der Waals surface area contributed by atoms with Gasteiger partial charge in [0.15, 0.2) is 11.5 Å². The van der Waals surface area contributed by atoms with Crippen molar-refractivity contribution in [2.24, 2.45) is 11.7 Å². The number of halogens is 1. The topological polar surface area (TPSA) is 44.5 Å². The van der Waals surface area contributed by atoms with Crippen molar-refractivity contribution in [1.29, 1.82) is 0 Å². The van der Waals surface area contributed by atoms with Gasteiger partial charge in [-0.05, 0) is 30.0 Å². The summed E-state index contributed by atoms with van der Waals surface area (Å²) in [7, 11) is 0. The van der Waals surface area contributed by atoms with E-state index >= 15 is 0 Å². The molecule has 1 aromatic carbocycles. The van der Waals surface area contributed by atoms with Gasteiger partial charge in [-0.25, -0.2) is 0 Å². The van der Waals surface area contributed by atoms with Gasteiger partial charge in [0.2, 0.25) is 0 Å². The first kappa shape index (κ1) is 12.3. The van der Waals surface area contributed by atoms with E-state index in [1.807, 2.05) is 12.1 Å². The molecule has 3 rings (SSSR count). The minimum Gasteiger partial charge on any atom is -0.490 e. The summed E-state index contributed by atoms with van der Waals surface area (Å²) in [6, 6.07) is 4.12. The van der Waals surface area contributed by atoms with Gasteiger partial charge in [-0.2, -0.15) is 0 Å². The van der Waals surface area contributed by atoms with Crippen molar-refractivity contribution in [3.05, 3.63) is 22.2 Å². The molecule has 0 aromatic heterocycles. The lowest BCUT2D eigenvalue weighted by molar-refractivity contribution is 0.297. The van der Waals surface area contributed by atoms with Gasteiger partial charge in [-0.15, -0.1) is 0 Å². The van der Waals surface area contributed by atoms with Gasteiger partial charge in [0.25, 0.3) is 0 Å². The maximum Gasteiger partial charge on any atom is 0.162 e. The Morgan fingerprint density at radius 3 is 2.56 bits per heavy atom. The number of hydrogen-bond donors (Lipinski definition) is 1. The highest BCUT2D eigenvalue weighted by Crippen LogP contribution is 2.41. The van der Waals surface area contributed by atoms with Crippen LogP contribution >= 0.6 is 15.9 Å². The fourth-order valence-corrected chi connectivity index (χ4v) is 2.94. The van der Waals surface area contributed by atoms with Crippen LogP contribution in [0.15, 0.2) is 16.6 Å². The Bertz CT molecular complexity index is 446. The van der Waals surface area contributed by atoms with Crippen LogP contribution in [-0.4, -0.2) is 13.2 Å². The predicted molar refractivity (Wildman–Crippen MR) is 74.0 cm³/mol. The van der Waals surface area contributed by atoms with Crippen LogP contribution in [0.5, 0.6) is 11.5 Å². The summed E-state index contributed by atoms with van der Waals surface area (Å²) in [6.45, 7) is 1.43. The smallest absolute Gasteiger partial charge is 0.162 e. The summed E-state index contributed by atoms with van der Waals surface area (Å²) in [6.07, 6.45) is 4.65. The minimum atomic E-state index is 0.0871. The Labute approximate surface area is 116 Å². The van der Waals surface area contributed by atoms with E-state index in [4.69, 9.17) is 15.2 Å². The Morgan fingerprint density at radius 1 is 1.22 bits per heavy atom. The highest BCUT2D eigenvalue weighted by Gasteiger charge is 2.26. The fraction of sp³-hybridized carbons (Fsp3) is 0.571. The molecular formula is C14H18BrNO2. The second-order valence-corrected chi connectivity index (χ2v) is 6.01. The Hall–Kier alpha value is -0.740. The largest absolute Gasteiger partial charge is 0.490 e. The predicted octanol–water partition coefficient (Wildman–Crippen LogP) is 3.41. The van der Waals surface area contributed by atoms with E-state index in [1.165, 1.54) is 12.8 Å². The van der Waals surface area contributed by atoms with Crippen molar-refractivity contribution in [3.63, 3.8) is 0 Å². The summed E-state index contributed by atoms with van der Waals surface area (Å²) >= 11 is 3.60. The van der Waals surface area contributed by atoms with Crippen molar-refractivity contribution in [1.82, 2.24) is 0 Å². The van der Waals surface area contributed by atoms with Gasteiger partial charge in [0.05, 0.1) is 13.2 Å².